The Balaban J connectivity index is 1.81. The highest BCUT2D eigenvalue weighted by Crippen LogP contribution is 2.40. The van der Waals surface area contributed by atoms with Crippen molar-refractivity contribution in [2.45, 2.75) is 38.6 Å². The SMILES string of the molecule is Cc1ncc(C(=O)NC(C)c2nn(C)cc2O)c(C2CC2)n1. The van der Waals surface area contributed by atoms with E-state index < -0.39 is 6.04 Å². The monoisotopic (exact) mass is 301 g/mol. The number of aryl methyl sites for hydroxylation is 2. The predicted octanol–water partition coefficient (Wildman–Crippen LogP) is 1.59. The van der Waals surface area contributed by atoms with Crippen molar-refractivity contribution in [1.29, 1.82) is 0 Å². The Bertz CT molecular complexity index is 721. The average Bonchev–Trinajstić information content (AvgIpc) is 3.23. The van der Waals surface area contributed by atoms with Gasteiger partial charge in [-0.2, -0.15) is 5.10 Å². The topological polar surface area (TPSA) is 92.9 Å². The first-order chi connectivity index (χ1) is 10.5. The van der Waals surface area contributed by atoms with Crippen molar-refractivity contribution in [3.05, 3.63) is 35.2 Å². The molecule has 1 saturated carbocycles. The number of carbonyl (C=O) groups excluding carboxylic acids is 1. The van der Waals surface area contributed by atoms with Crippen LogP contribution in [0.4, 0.5) is 0 Å². The number of rotatable bonds is 4. The van der Waals surface area contributed by atoms with E-state index in [-0.39, 0.29) is 11.7 Å². The molecule has 1 atom stereocenters. The highest BCUT2D eigenvalue weighted by Gasteiger charge is 2.30. The molecule has 1 amide bonds. The molecule has 7 heteroatoms. The third-order valence-electron chi connectivity index (χ3n) is 3.74. The minimum Gasteiger partial charge on any atom is -0.504 e. The van der Waals surface area contributed by atoms with E-state index in [1.807, 2.05) is 6.92 Å². The fourth-order valence-corrected chi connectivity index (χ4v) is 2.47. The van der Waals surface area contributed by atoms with Gasteiger partial charge in [-0.25, -0.2) is 9.97 Å². The lowest BCUT2D eigenvalue weighted by molar-refractivity contribution is 0.0936. The summed E-state index contributed by atoms with van der Waals surface area (Å²) in [4.78, 5) is 21.1. The lowest BCUT2D eigenvalue weighted by atomic mass is 10.1. The molecule has 1 unspecified atom stereocenters. The van der Waals surface area contributed by atoms with Gasteiger partial charge in [-0.05, 0) is 26.7 Å². The molecule has 7 nitrogen and oxygen atoms in total. The standard InChI is InChI=1S/C15H19N5O2/c1-8(13-12(21)7-20(3)19-13)17-15(22)11-6-16-9(2)18-14(11)10-4-5-10/h6-8,10,21H,4-5H2,1-3H3,(H,17,22). The van der Waals surface area contributed by atoms with Crippen LogP contribution in [0.3, 0.4) is 0 Å². The smallest absolute Gasteiger partial charge is 0.255 e. The summed E-state index contributed by atoms with van der Waals surface area (Å²) in [7, 11) is 1.72. The fourth-order valence-electron chi connectivity index (χ4n) is 2.47. The second-order valence-corrected chi connectivity index (χ2v) is 5.76. The Kier molecular flexibility index (Phi) is 3.56. The number of hydrogen-bond acceptors (Lipinski definition) is 5. The van der Waals surface area contributed by atoms with Crippen LogP contribution in [0, 0.1) is 6.92 Å². The minimum atomic E-state index is -0.401. The van der Waals surface area contributed by atoms with Gasteiger partial charge in [-0.15, -0.1) is 0 Å². The van der Waals surface area contributed by atoms with Crippen LogP contribution < -0.4 is 5.32 Å². The van der Waals surface area contributed by atoms with Crippen LogP contribution in [0.5, 0.6) is 5.75 Å². The van der Waals surface area contributed by atoms with E-state index in [4.69, 9.17) is 0 Å². The Labute approximate surface area is 128 Å². The summed E-state index contributed by atoms with van der Waals surface area (Å²) in [5.74, 6) is 0.868. The molecule has 22 heavy (non-hydrogen) atoms. The van der Waals surface area contributed by atoms with Gasteiger partial charge >= 0.3 is 0 Å². The first-order valence-electron chi connectivity index (χ1n) is 7.32. The number of carbonyl (C=O) groups is 1. The van der Waals surface area contributed by atoms with Crippen molar-refractivity contribution >= 4 is 5.91 Å². The van der Waals surface area contributed by atoms with E-state index in [0.717, 1.165) is 18.5 Å². The number of nitrogens with one attached hydrogen (secondary N) is 1. The maximum atomic E-state index is 12.5. The highest BCUT2D eigenvalue weighted by molar-refractivity contribution is 5.95. The van der Waals surface area contributed by atoms with E-state index in [9.17, 15) is 9.90 Å². The van der Waals surface area contributed by atoms with Crippen LogP contribution >= 0.6 is 0 Å². The van der Waals surface area contributed by atoms with E-state index in [0.29, 0.717) is 23.0 Å². The van der Waals surface area contributed by atoms with Gasteiger partial charge in [0.2, 0.25) is 0 Å². The molecule has 3 rings (SSSR count). The van der Waals surface area contributed by atoms with Crippen molar-refractivity contribution in [2.24, 2.45) is 7.05 Å². The second kappa shape index (κ2) is 5.40. The summed E-state index contributed by atoms with van der Waals surface area (Å²) in [5, 5.41) is 16.8. The zero-order valence-corrected chi connectivity index (χ0v) is 12.9. The summed E-state index contributed by atoms with van der Waals surface area (Å²) in [5.41, 5.74) is 1.77. The van der Waals surface area contributed by atoms with Crippen molar-refractivity contribution in [2.75, 3.05) is 0 Å². The molecule has 1 aliphatic carbocycles. The van der Waals surface area contributed by atoms with Crippen LogP contribution in [0.25, 0.3) is 0 Å². The van der Waals surface area contributed by atoms with Gasteiger partial charge in [0, 0.05) is 19.2 Å². The van der Waals surface area contributed by atoms with Crippen molar-refractivity contribution in [3.63, 3.8) is 0 Å². The van der Waals surface area contributed by atoms with E-state index in [1.54, 1.807) is 20.2 Å². The molecule has 0 aliphatic heterocycles. The molecule has 2 aromatic rings. The number of aromatic nitrogens is 4. The Morgan fingerprint density at radius 1 is 1.50 bits per heavy atom. The minimum absolute atomic E-state index is 0.0675. The van der Waals surface area contributed by atoms with Gasteiger partial charge in [0.15, 0.2) is 5.75 Å². The van der Waals surface area contributed by atoms with Crippen LogP contribution in [-0.4, -0.2) is 30.8 Å². The highest BCUT2D eigenvalue weighted by atomic mass is 16.3. The lowest BCUT2D eigenvalue weighted by Crippen LogP contribution is -2.28. The molecular weight excluding hydrogens is 282 g/mol. The third-order valence-corrected chi connectivity index (χ3v) is 3.74. The third kappa shape index (κ3) is 2.79. The molecule has 116 valence electrons. The first-order valence-corrected chi connectivity index (χ1v) is 7.32. The molecule has 2 N–H and O–H groups in total. The lowest BCUT2D eigenvalue weighted by Gasteiger charge is -2.14. The number of hydrogen-bond donors (Lipinski definition) is 2. The quantitative estimate of drug-likeness (QED) is 0.894. The molecule has 0 spiro atoms. The largest absolute Gasteiger partial charge is 0.504 e. The Morgan fingerprint density at radius 2 is 2.23 bits per heavy atom. The number of amides is 1. The van der Waals surface area contributed by atoms with Crippen molar-refractivity contribution in [1.82, 2.24) is 25.1 Å². The molecule has 0 bridgehead atoms. The van der Waals surface area contributed by atoms with Gasteiger partial charge in [-0.1, -0.05) is 0 Å². The fraction of sp³-hybridized carbons (Fsp3) is 0.467. The van der Waals surface area contributed by atoms with Crippen LogP contribution in [-0.2, 0) is 7.05 Å². The van der Waals surface area contributed by atoms with E-state index >= 15 is 0 Å². The van der Waals surface area contributed by atoms with Gasteiger partial charge in [0.1, 0.15) is 11.5 Å². The molecule has 0 saturated heterocycles. The summed E-state index contributed by atoms with van der Waals surface area (Å²) in [6, 6.07) is -0.401. The van der Waals surface area contributed by atoms with E-state index in [1.165, 1.54) is 10.9 Å². The molecule has 2 heterocycles. The van der Waals surface area contributed by atoms with E-state index in [2.05, 4.69) is 20.4 Å². The first kappa shape index (κ1) is 14.5. The van der Waals surface area contributed by atoms with Gasteiger partial charge in [0.25, 0.3) is 5.91 Å². The molecule has 1 fully saturated rings. The maximum absolute atomic E-state index is 12.5. The van der Waals surface area contributed by atoms with Gasteiger partial charge < -0.3 is 10.4 Å². The maximum Gasteiger partial charge on any atom is 0.255 e. The summed E-state index contributed by atoms with van der Waals surface area (Å²) < 4.78 is 1.51. The normalized spacial score (nSPS) is 15.6. The van der Waals surface area contributed by atoms with Crippen LogP contribution in [0.15, 0.2) is 12.4 Å². The number of nitrogens with zero attached hydrogens (tertiary/aromatic N) is 4. The van der Waals surface area contributed by atoms with Crippen LogP contribution in [0.2, 0.25) is 0 Å². The molecule has 1 aliphatic rings. The van der Waals surface area contributed by atoms with Crippen LogP contribution in [0.1, 0.15) is 59.3 Å². The predicted molar refractivity (Wildman–Crippen MR) is 79.5 cm³/mol. The molecule has 0 aromatic carbocycles. The van der Waals surface area contributed by atoms with Crippen molar-refractivity contribution in [3.8, 4) is 5.75 Å². The molecular formula is C15H19N5O2. The zero-order chi connectivity index (χ0) is 15.9. The second-order valence-electron chi connectivity index (χ2n) is 5.76. The Hall–Kier alpha value is -2.44. The van der Waals surface area contributed by atoms with Gasteiger partial charge in [-0.3, -0.25) is 9.48 Å². The Morgan fingerprint density at radius 3 is 2.82 bits per heavy atom. The molecule has 2 aromatic heterocycles. The summed E-state index contributed by atoms with van der Waals surface area (Å²) in [6.45, 7) is 3.61. The number of aromatic hydroxyl groups is 1. The average molecular weight is 301 g/mol. The summed E-state index contributed by atoms with van der Waals surface area (Å²) in [6.07, 6.45) is 5.21. The zero-order valence-electron chi connectivity index (χ0n) is 12.9. The van der Waals surface area contributed by atoms with Crippen molar-refractivity contribution < 1.29 is 9.90 Å². The molecule has 0 radical (unpaired) electrons. The van der Waals surface area contributed by atoms with Gasteiger partial charge in [0.05, 0.1) is 23.5 Å². The summed E-state index contributed by atoms with van der Waals surface area (Å²) >= 11 is 0.